The highest BCUT2D eigenvalue weighted by molar-refractivity contribution is 6.00. The van der Waals surface area contributed by atoms with Gasteiger partial charge in [0.25, 0.3) is 0 Å². The Morgan fingerprint density at radius 1 is 0.938 bits per heavy atom. The number of aromatic amines is 2. The van der Waals surface area contributed by atoms with E-state index >= 15 is 0 Å². The lowest BCUT2D eigenvalue weighted by Gasteiger charge is -2.04. The number of benzene rings is 2. The second-order valence-corrected chi connectivity index (χ2v) is 7.87. The molecular weight excluding hydrogens is 403 g/mol. The van der Waals surface area contributed by atoms with Crippen LogP contribution in [0.1, 0.15) is 5.82 Å². The highest BCUT2D eigenvalue weighted by Crippen LogP contribution is 2.35. The summed E-state index contributed by atoms with van der Waals surface area (Å²) in [5, 5.41) is 9.51. The number of H-pyrrole nitrogens is 2. The van der Waals surface area contributed by atoms with E-state index in [1.807, 2.05) is 44.4 Å². The Labute approximate surface area is 182 Å². The van der Waals surface area contributed by atoms with Crippen molar-refractivity contribution in [1.82, 2.24) is 29.7 Å². The first-order valence-electron chi connectivity index (χ1n) is 10.3. The van der Waals surface area contributed by atoms with Gasteiger partial charge in [0, 0.05) is 35.1 Å². The van der Waals surface area contributed by atoms with E-state index in [4.69, 9.17) is 0 Å². The van der Waals surface area contributed by atoms with Crippen LogP contribution in [0.2, 0.25) is 0 Å². The number of imidazole rings is 1. The summed E-state index contributed by atoms with van der Waals surface area (Å²) < 4.78 is 16.5. The maximum absolute atomic E-state index is 14.5. The molecule has 4 heterocycles. The average molecular weight is 422 g/mol. The van der Waals surface area contributed by atoms with Crippen LogP contribution in [-0.2, 0) is 7.05 Å². The monoisotopic (exact) mass is 422 g/mol. The molecule has 0 aliphatic carbocycles. The summed E-state index contributed by atoms with van der Waals surface area (Å²) in [4.78, 5) is 12.2. The van der Waals surface area contributed by atoms with Crippen LogP contribution in [0.3, 0.4) is 0 Å². The van der Waals surface area contributed by atoms with Crippen LogP contribution >= 0.6 is 0 Å². The number of nitrogens with one attached hydrogen (secondary N) is 2. The summed E-state index contributed by atoms with van der Waals surface area (Å²) in [6.07, 6.45) is 3.57. The zero-order valence-electron chi connectivity index (χ0n) is 17.5. The molecular formula is C25H19FN6. The minimum absolute atomic E-state index is 0.260. The molecule has 0 saturated carbocycles. The molecule has 32 heavy (non-hydrogen) atoms. The van der Waals surface area contributed by atoms with E-state index in [-0.39, 0.29) is 5.82 Å². The molecule has 2 aromatic carbocycles. The van der Waals surface area contributed by atoms with Gasteiger partial charge in [0.1, 0.15) is 23.0 Å². The summed E-state index contributed by atoms with van der Waals surface area (Å²) in [6.45, 7) is 1.98. The van der Waals surface area contributed by atoms with Crippen LogP contribution in [0.25, 0.3) is 55.7 Å². The second kappa shape index (κ2) is 6.88. The lowest BCUT2D eigenvalue weighted by atomic mass is 10.0. The van der Waals surface area contributed by atoms with E-state index in [2.05, 4.69) is 41.8 Å². The van der Waals surface area contributed by atoms with E-state index in [0.29, 0.717) is 11.2 Å². The first-order valence-corrected chi connectivity index (χ1v) is 10.3. The maximum atomic E-state index is 14.5. The molecule has 0 radical (unpaired) electrons. The Balaban J connectivity index is 1.53. The van der Waals surface area contributed by atoms with Crippen molar-refractivity contribution in [2.75, 3.05) is 0 Å². The standard InChI is InChI=1S/C25H19FN6/c1-14-28-13-23(32(14)2)15-7-8-21-19(11-15)24(31-30-21)22-12-18-16(9-10-27-25(18)29-22)17-5-3-4-6-20(17)26/h3-13H,1-2H3,(H,27,29)(H,30,31). The molecule has 4 aromatic heterocycles. The molecule has 156 valence electrons. The minimum Gasteiger partial charge on any atom is -0.338 e. The van der Waals surface area contributed by atoms with Gasteiger partial charge >= 0.3 is 0 Å². The lowest BCUT2D eigenvalue weighted by molar-refractivity contribution is 0.631. The molecule has 6 nitrogen and oxygen atoms in total. The van der Waals surface area contributed by atoms with Crippen LogP contribution in [-0.4, -0.2) is 29.7 Å². The minimum atomic E-state index is -0.260. The van der Waals surface area contributed by atoms with Gasteiger partial charge in [-0.05, 0) is 42.8 Å². The Kier molecular flexibility index (Phi) is 3.98. The molecule has 0 spiro atoms. The predicted octanol–water partition coefficient (Wildman–Crippen LogP) is 5.62. The van der Waals surface area contributed by atoms with Crippen molar-refractivity contribution < 1.29 is 4.39 Å². The third-order valence-electron chi connectivity index (χ3n) is 6.03. The summed E-state index contributed by atoms with van der Waals surface area (Å²) in [6, 6.07) is 16.8. The fourth-order valence-corrected chi connectivity index (χ4v) is 4.22. The van der Waals surface area contributed by atoms with Crippen molar-refractivity contribution in [3.63, 3.8) is 0 Å². The second-order valence-electron chi connectivity index (χ2n) is 7.87. The van der Waals surface area contributed by atoms with Crippen molar-refractivity contribution in [2.24, 2.45) is 7.05 Å². The fourth-order valence-electron chi connectivity index (χ4n) is 4.22. The molecule has 7 heteroatoms. The Hall–Kier alpha value is -4.26. The number of hydrogen-bond acceptors (Lipinski definition) is 3. The number of pyridine rings is 1. The van der Waals surface area contributed by atoms with E-state index in [1.54, 1.807) is 18.3 Å². The molecule has 0 aliphatic heterocycles. The van der Waals surface area contributed by atoms with Gasteiger partial charge in [-0.1, -0.05) is 24.3 Å². The van der Waals surface area contributed by atoms with Gasteiger partial charge in [-0.25, -0.2) is 14.4 Å². The van der Waals surface area contributed by atoms with Crippen molar-refractivity contribution in [2.45, 2.75) is 6.92 Å². The first-order chi connectivity index (χ1) is 15.6. The summed E-state index contributed by atoms with van der Waals surface area (Å²) in [7, 11) is 2.01. The van der Waals surface area contributed by atoms with Gasteiger partial charge in [0.05, 0.1) is 23.1 Å². The highest BCUT2D eigenvalue weighted by atomic mass is 19.1. The molecule has 6 rings (SSSR count). The van der Waals surface area contributed by atoms with Gasteiger partial charge in [-0.3, -0.25) is 5.10 Å². The molecule has 0 aliphatic rings. The van der Waals surface area contributed by atoms with Crippen LogP contribution in [0.15, 0.2) is 67.0 Å². The zero-order valence-corrected chi connectivity index (χ0v) is 17.5. The third-order valence-corrected chi connectivity index (χ3v) is 6.03. The summed E-state index contributed by atoms with van der Waals surface area (Å²) in [5.41, 5.74) is 6.67. The number of aryl methyl sites for hydroxylation is 1. The summed E-state index contributed by atoms with van der Waals surface area (Å²) in [5.74, 6) is 0.693. The van der Waals surface area contributed by atoms with Gasteiger partial charge in [0.15, 0.2) is 0 Å². The predicted molar refractivity (Wildman–Crippen MR) is 124 cm³/mol. The first kappa shape index (κ1) is 18.5. The van der Waals surface area contributed by atoms with Gasteiger partial charge in [0.2, 0.25) is 0 Å². The molecule has 0 fully saturated rings. The van der Waals surface area contributed by atoms with Crippen LogP contribution in [0, 0.1) is 12.7 Å². The quantitative estimate of drug-likeness (QED) is 0.389. The Bertz CT molecular complexity index is 1620. The van der Waals surface area contributed by atoms with Gasteiger partial charge < -0.3 is 9.55 Å². The maximum Gasteiger partial charge on any atom is 0.138 e. The third kappa shape index (κ3) is 2.75. The van der Waals surface area contributed by atoms with Gasteiger partial charge in [-0.15, -0.1) is 0 Å². The number of rotatable bonds is 3. The number of halogens is 1. The molecule has 6 aromatic rings. The number of fused-ring (bicyclic) bond motifs is 2. The molecule has 0 unspecified atom stereocenters. The number of nitrogens with zero attached hydrogens (tertiary/aromatic N) is 4. The number of hydrogen-bond donors (Lipinski definition) is 2. The Morgan fingerprint density at radius 3 is 2.62 bits per heavy atom. The molecule has 2 N–H and O–H groups in total. The largest absolute Gasteiger partial charge is 0.338 e. The zero-order chi connectivity index (χ0) is 21.8. The van der Waals surface area contributed by atoms with Crippen molar-refractivity contribution in [3.8, 4) is 33.8 Å². The average Bonchev–Trinajstić information content (AvgIpc) is 3.50. The molecule has 0 bridgehead atoms. The van der Waals surface area contributed by atoms with Crippen LogP contribution in [0.4, 0.5) is 4.39 Å². The van der Waals surface area contributed by atoms with E-state index in [0.717, 1.165) is 50.3 Å². The topological polar surface area (TPSA) is 75.2 Å². The Morgan fingerprint density at radius 2 is 1.81 bits per heavy atom. The summed E-state index contributed by atoms with van der Waals surface area (Å²) >= 11 is 0. The smallest absolute Gasteiger partial charge is 0.138 e. The van der Waals surface area contributed by atoms with Crippen molar-refractivity contribution >= 4 is 21.9 Å². The van der Waals surface area contributed by atoms with Crippen LogP contribution in [0.5, 0.6) is 0 Å². The molecule has 0 saturated heterocycles. The normalized spacial score (nSPS) is 11.6. The van der Waals surface area contributed by atoms with E-state index in [9.17, 15) is 4.39 Å². The van der Waals surface area contributed by atoms with E-state index in [1.165, 1.54) is 6.07 Å². The lowest BCUT2D eigenvalue weighted by Crippen LogP contribution is -1.94. The van der Waals surface area contributed by atoms with Gasteiger partial charge in [-0.2, -0.15) is 5.10 Å². The SMILES string of the molecule is Cc1ncc(-c2ccc3[nH]nc(-c4cc5c(-c6ccccc6F)ccnc5[nH]4)c3c2)n1C. The van der Waals surface area contributed by atoms with E-state index < -0.39 is 0 Å². The molecule has 0 amide bonds. The molecule has 0 atom stereocenters. The van der Waals surface area contributed by atoms with Crippen molar-refractivity contribution in [3.05, 3.63) is 78.6 Å². The fraction of sp³-hybridized carbons (Fsp3) is 0.0800. The number of aromatic nitrogens is 6. The van der Waals surface area contributed by atoms with Crippen molar-refractivity contribution in [1.29, 1.82) is 0 Å². The van der Waals surface area contributed by atoms with Crippen LogP contribution < -0.4 is 0 Å². The highest BCUT2D eigenvalue weighted by Gasteiger charge is 2.16.